The van der Waals surface area contributed by atoms with Gasteiger partial charge in [0.1, 0.15) is 0 Å². The highest BCUT2D eigenvalue weighted by Gasteiger charge is 2.19. The zero-order valence-electron chi connectivity index (χ0n) is 19.1. The lowest BCUT2D eigenvalue weighted by Crippen LogP contribution is -2.38. The molecule has 178 valence electrons. The molecule has 34 heavy (non-hydrogen) atoms. The molecule has 0 unspecified atom stereocenters. The Labute approximate surface area is 197 Å². The molecule has 4 rings (SSSR count). The largest absolute Gasteiger partial charge is 0.490 e. The van der Waals surface area contributed by atoms with Crippen molar-refractivity contribution in [3.8, 4) is 23.0 Å². The molecule has 0 radical (unpaired) electrons. The predicted molar refractivity (Wildman–Crippen MR) is 122 cm³/mol. The second-order valence-corrected chi connectivity index (χ2v) is 7.77. The third-order valence-electron chi connectivity index (χ3n) is 5.35. The molecule has 0 N–H and O–H groups in total. The van der Waals surface area contributed by atoms with Gasteiger partial charge < -0.3 is 23.5 Å². The maximum absolute atomic E-state index is 12.6. The molecule has 0 atom stereocenters. The number of aromatic nitrogens is 2. The van der Waals surface area contributed by atoms with E-state index in [0.29, 0.717) is 24.0 Å². The van der Waals surface area contributed by atoms with Gasteiger partial charge in [-0.15, -0.1) is 10.2 Å². The standard InChI is InChI=1S/C25H27N3O6/c1-2-31-21-15-19(11-12-20(21)32-17-23(29)28-13-7-4-8-14-28)25(30)33-16-22-26-27-24(34-22)18-9-5-3-6-10-18/h3,5-6,9-12,15H,2,4,7-8,13-14,16-17H2,1H3. The first kappa shape index (κ1) is 23.3. The molecule has 0 saturated carbocycles. The molecular weight excluding hydrogens is 438 g/mol. The van der Waals surface area contributed by atoms with Gasteiger partial charge in [-0.25, -0.2) is 4.79 Å². The number of carbonyl (C=O) groups is 2. The van der Waals surface area contributed by atoms with E-state index in [2.05, 4.69) is 10.2 Å². The number of hydrogen-bond acceptors (Lipinski definition) is 8. The lowest BCUT2D eigenvalue weighted by Gasteiger charge is -2.26. The highest BCUT2D eigenvalue weighted by atomic mass is 16.5. The van der Waals surface area contributed by atoms with E-state index >= 15 is 0 Å². The van der Waals surface area contributed by atoms with Gasteiger partial charge in [0.15, 0.2) is 24.7 Å². The van der Waals surface area contributed by atoms with Crippen LogP contribution in [0.2, 0.25) is 0 Å². The van der Waals surface area contributed by atoms with Crippen LogP contribution in [-0.4, -0.2) is 53.3 Å². The molecule has 9 heteroatoms. The van der Waals surface area contributed by atoms with E-state index in [9.17, 15) is 9.59 Å². The van der Waals surface area contributed by atoms with Crippen LogP contribution in [0.1, 0.15) is 42.4 Å². The van der Waals surface area contributed by atoms with Crippen molar-refractivity contribution in [1.82, 2.24) is 15.1 Å². The zero-order valence-corrected chi connectivity index (χ0v) is 19.1. The van der Waals surface area contributed by atoms with E-state index in [-0.39, 0.29) is 30.6 Å². The Balaban J connectivity index is 1.35. The molecule has 1 aliphatic heterocycles. The van der Waals surface area contributed by atoms with E-state index in [1.807, 2.05) is 42.2 Å². The summed E-state index contributed by atoms with van der Waals surface area (Å²) < 4.78 is 22.2. The predicted octanol–water partition coefficient (Wildman–Crippen LogP) is 3.88. The number of likely N-dealkylation sites (tertiary alicyclic amines) is 1. The van der Waals surface area contributed by atoms with Gasteiger partial charge in [-0.3, -0.25) is 4.79 Å². The molecule has 1 saturated heterocycles. The molecule has 1 amide bonds. The van der Waals surface area contributed by atoms with Gasteiger partial charge in [0.05, 0.1) is 12.2 Å². The van der Waals surface area contributed by atoms with Gasteiger partial charge in [0.25, 0.3) is 11.8 Å². The quantitative estimate of drug-likeness (QED) is 0.439. The van der Waals surface area contributed by atoms with Crippen LogP contribution in [0.15, 0.2) is 52.9 Å². The summed E-state index contributed by atoms with van der Waals surface area (Å²) in [6.07, 6.45) is 3.19. The van der Waals surface area contributed by atoms with Crippen LogP contribution >= 0.6 is 0 Å². The first-order valence-corrected chi connectivity index (χ1v) is 11.4. The van der Waals surface area contributed by atoms with E-state index in [1.165, 1.54) is 6.07 Å². The first-order chi connectivity index (χ1) is 16.6. The Kier molecular flexibility index (Phi) is 7.75. The average molecular weight is 466 g/mol. The first-order valence-electron chi connectivity index (χ1n) is 11.4. The summed E-state index contributed by atoms with van der Waals surface area (Å²) in [6.45, 7) is 3.49. The van der Waals surface area contributed by atoms with E-state index in [0.717, 1.165) is 37.9 Å². The summed E-state index contributed by atoms with van der Waals surface area (Å²) in [6, 6.07) is 14.0. The molecule has 1 aliphatic rings. The smallest absolute Gasteiger partial charge is 0.338 e. The van der Waals surface area contributed by atoms with E-state index < -0.39 is 5.97 Å². The van der Waals surface area contributed by atoms with Gasteiger partial charge >= 0.3 is 5.97 Å². The van der Waals surface area contributed by atoms with Gasteiger partial charge in [-0.1, -0.05) is 18.2 Å². The molecule has 2 aromatic carbocycles. The topological polar surface area (TPSA) is 104 Å². The van der Waals surface area contributed by atoms with E-state index in [4.69, 9.17) is 18.6 Å². The number of ether oxygens (including phenoxy) is 3. The van der Waals surface area contributed by atoms with Crippen LogP contribution in [0, 0.1) is 0 Å². The fourth-order valence-electron chi connectivity index (χ4n) is 3.62. The lowest BCUT2D eigenvalue weighted by molar-refractivity contribution is -0.134. The molecular formula is C25H27N3O6. The molecule has 1 aromatic heterocycles. The average Bonchev–Trinajstić information content (AvgIpc) is 3.37. The minimum Gasteiger partial charge on any atom is -0.490 e. The fourth-order valence-corrected chi connectivity index (χ4v) is 3.62. The number of rotatable bonds is 9. The van der Waals surface area contributed by atoms with Crippen LogP contribution < -0.4 is 9.47 Å². The van der Waals surface area contributed by atoms with Crippen LogP contribution in [0.25, 0.3) is 11.5 Å². The number of hydrogen-bond donors (Lipinski definition) is 0. The van der Waals surface area contributed by atoms with Gasteiger partial charge in [-0.2, -0.15) is 0 Å². The van der Waals surface area contributed by atoms with Crippen molar-refractivity contribution in [3.05, 3.63) is 60.0 Å². The highest BCUT2D eigenvalue weighted by Crippen LogP contribution is 2.29. The number of amides is 1. The minimum absolute atomic E-state index is 0.0555. The van der Waals surface area contributed by atoms with Gasteiger partial charge in [0, 0.05) is 18.7 Å². The summed E-state index contributed by atoms with van der Waals surface area (Å²) in [5, 5.41) is 7.90. The highest BCUT2D eigenvalue weighted by molar-refractivity contribution is 5.90. The third kappa shape index (κ3) is 5.92. The van der Waals surface area contributed by atoms with Gasteiger partial charge in [0.2, 0.25) is 5.89 Å². The number of carbonyl (C=O) groups excluding carboxylic acids is 2. The summed E-state index contributed by atoms with van der Waals surface area (Å²) >= 11 is 0. The SMILES string of the molecule is CCOc1cc(C(=O)OCc2nnc(-c3ccccc3)o2)ccc1OCC(=O)N1CCCCC1. The fraction of sp³-hybridized carbons (Fsp3) is 0.360. The number of benzene rings is 2. The van der Waals surface area contributed by atoms with Crippen molar-refractivity contribution >= 4 is 11.9 Å². The molecule has 9 nitrogen and oxygen atoms in total. The Morgan fingerprint density at radius 3 is 2.53 bits per heavy atom. The Bertz CT molecular complexity index is 1110. The maximum atomic E-state index is 12.6. The Morgan fingerprint density at radius 1 is 0.971 bits per heavy atom. The van der Waals surface area contributed by atoms with Crippen molar-refractivity contribution in [2.45, 2.75) is 32.8 Å². The molecule has 0 aliphatic carbocycles. The summed E-state index contributed by atoms with van der Waals surface area (Å²) in [7, 11) is 0. The second-order valence-electron chi connectivity index (χ2n) is 7.77. The van der Waals surface area contributed by atoms with Crippen molar-refractivity contribution < 1.29 is 28.2 Å². The summed E-state index contributed by atoms with van der Waals surface area (Å²) in [4.78, 5) is 26.8. The lowest BCUT2D eigenvalue weighted by atomic mass is 10.1. The number of esters is 1. The molecule has 0 bridgehead atoms. The van der Waals surface area contributed by atoms with Crippen LogP contribution in [0.5, 0.6) is 11.5 Å². The third-order valence-corrected chi connectivity index (χ3v) is 5.35. The maximum Gasteiger partial charge on any atom is 0.338 e. The molecule has 1 fully saturated rings. The Morgan fingerprint density at radius 2 is 1.76 bits per heavy atom. The van der Waals surface area contributed by atoms with Crippen molar-refractivity contribution in [2.24, 2.45) is 0 Å². The van der Waals surface area contributed by atoms with Crippen molar-refractivity contribution in [3.63, 3.8) is 0 Å². The van der Waals surface area contributed by atoms with E-state index in [1.54, 1.807) is 12.1 Å². The van der Waals surface area contributed by atoms with Gasteiger partial charge in [-0.05, 0) is 56.5 Å². The molecule has 2 heterocycles. The van der Waals surface area contributed by atoms with Crippen molar-refractivity contribution in [1.29, 1.82) is 0 Å². The van der Waals surface area contributed by atoms with Crippen LogP contribution in [0.3, 0.4) is 0 Å². The molecule has 0 spiro atoms. The Hall–Kier alpha value is -3.88. The molecule has 3 aromatic rings. The monoisotopic (exact) mass is 465 g/mol. The number of nitrogens with zero attached hydrogens (tertiary/aromatic N) is 3. The van der Waals surface area contributed by atoms with Crippen LogP contribution in [0.4, 0.5) is 0 Å². The van der Waals surface area contributed by atoms with Crippen LogP contribution in [-0.2, 0) is 16.1 Å². The summed E-state index contributed by atoms with van der Waals surface area (Å²) in [5.74, 6) is 0.677. The second kappa shape index (κ2) is 11.3. The number of piperidine rings is 1. The minimum atomic E-state index is -0.573. The summed E-state index contributed by atoms with van der Waals surface area (Å²) in [5.41, 5.74) is 1.06. The van der Waals surface area contributed by atoms with Crippen molar-refractivity contribution in [2.75, 3.05) is 26.3 Å². The zero-order chi connectivity index (χ0) is 23.8. The normalized spacial score (nSPS) is 13.4.